The van der Waals surface area contributed by atoms with Crippen molar-refractivity contribution in [2.24, 2.45) is 0 Å². The van der Waals surface area contributed by atoms with E-state index in [0.717, 1.165) is 11.6 Å². The molecule has 0 radical (unpaired) electrons. The zero-order valence-corrected chi connectivity index (χ0v) is 11.5. The Morgan fingerprint density at radius 3 is 2.63 bits per heavy atom. The minimum absolute atomic E-state index is 0.136. The molecule has 2 rings (SSSR count). The van der Waals surface area contributed by atoms with Crippen LogP contribution < -0.4 is 10.4 Å². The third-order valence-corrected chi connectivity index (χ3v) is 3.60. The molecule has 2 aromatic rings. The number of rotatable bonds is 6. The number of benzene rings is 1. The van der Waals surface area contributed by atoms with Crippen molar-refractivity contribution >= 4 is 22.4 Å². The van der Waals surface area contributed by atoms with Crippen LogP contribution in [0.2, 0.25) is 0 Å². The van der Waals surface area contributed by atoms with Crippen LogP contribution in [0.4, 0.5) is 5.13 Å². The molecule has 0 saturated carbocycles. The molecule has 5 heteroatoms. The van der Waals surface area contributed by atoms with Gasteiger partial charge in [-0.15, -0.1) is 11.3 Å². The first-order valence-corrected chi connectivity index (χ1v) is 7.01. The Labute approximate surface area is 116 Å². The summed E-state index contributed by atoms with van der Waals surface area (Å²) in [4.78, 5) is 14.6. The van der Waals surface area contributed by atoms with Crippen molar-refractivity contribution in [1.29, 1.82) is 0 Å². The molecule has 1 N–H and O–H groups in total. The molecular weight excluding hydrogens is 260 g/mol. The van der Waals surface area contributed by atoms with Gasteiger partial charge in [0.2, 0.25) is 0 Å². The van der Waals surface area contributed by atoms with E-state index in [9.17, 15) is 9.90 Å². The molecule has 1 heterocycles. The zero-order chi connectivity index (χ0) is 13.7. The van der Waals surface area contributed by atoms with Crippen LogP contribution in [0.15, 0.2) is 29.6 Å². The number of nitrogens with zero attached hydrogens (tertiary/aromatic N) is 1. The van der Waals surface area contributed by atoms with E-state index < -0.39 is 5.97 Å². The molecule has 0 atom stereocenters. The second-order valence-electron chi connectivity index (χ2n) is 4.22. The topological polar surface area (TPSA) is 65.0 Å². The van der Waals surface area contributed by atoms with Gasteiger partial charge in [-0.1, -0.05) is 31.2 Å². The second-order valence-corrected chi connectivity index (χ2v) is 5.07. The van der Waals surface area contributed by atoms with Crippen LogP contribution in [-0.4, -0.2) is 11.0 Å². The third-order valence-electron chi connectivity index (χ3n) is 2.75. The number of aromatic nitrogens is 1. The van der Waals surface area contributed by atoms with Crippen LogP contribution in [-0.2, 0) is 24.2 Å². The third kappa shape index (κ3) is 4.06. The summed E-state index contributed by atoms with van der Waals surface area (Å²) in [5.74, 6) is -1.10. The van der Waals surface area contributed by atoms with E-state index in [4.69, 9.17) is 0 Å². The number of aryl methyl sites for hydroxylation is 1. The van der Waals surface area contributed by atoms with Crippen LogP contribution in [0, 0.1) is 0 Å². The quantitative estimate of drug-likeness (QED) is 0.870. The largest absolute Gasteiger partial charge is 0.550 e. The summed E-state index contributed by atoms with van der Waals surface area (Å²) in [6.45, 7) is 2.81. The summed E-state index contributed by atoms with van der Waals surface area (Å²) in [6, 6.07) is 8.39. The number of thiazole rings is 1. The van der Waals surface area contributed by atoms with E-state index in [0.29, 0.717) is 12.2 Å². The van der Waals surface area contributed by atoms with Gasteiger partial charge in [0.05, 0.1) is 5.69 Å². The first kappa shape index (κ1) is 13.5. The fourth-order valence-corrected chi connectivity index (χ4v) is 2.40. The van der Waals surface area contributed by atoms with Crippen molar-refractivity contribution in [2.75, 3.05) is 5.32 Å². The molecule has 100 valence electrons. The Morgan fingerprint density at radius 1 is 1.32 bits per heavy atom. The smallest absolute Gasteiger partial charge is 0.183 e. The van der Waals surface area contributed by atoms with E-state index >= 15 is 0 Å². The van der Waals surface area contributed by atoms with Crippen molar-refractivity contribution in [1.82, 2.24) is 4.98 Å². The normalized spacial score (nSPS) is 10.4. The molecule has 0 amide bonds. The highest BCUT2D eigenvalue weighted by Crippen LogP contribution is 2.17. The van der Waals surface area contributed by atoms with Crippen molar-refractivity contribution < 1.29 is 9.90 Å². The fraction of sp³-hybridized carbons (Fsp3) is 0.286. The molecule has 0 spiro atoms. The van der Waals surface area contributed by atoms with Gasteiger partial charge in [-0.2, -0.15) is 0 Å². The first-order valence-electron chi connectivity index (χ1n) is 6.13. The van der Waals surface area contributed by atoms with E-state index in [-0.39, 0.29) is 6.42 Å². The maximum atomic E-state index is 10.5. The van der Waals surface area contributed by atoms with E-state index in [1.165, 1.54) is 22.5 Å². The molecule has 0 aliphatic heterocycles. The van der Waals surface area contributed by atoms with Gasteiger partial charge in [0.15, 0.2) is 5.13 Å². The molecule has 0 saturated heterocycles. The summed E-state index contributed by atoms with van der Waals surface area (Å²) < 4.78 is 0. The van der Waals surface area contributed by atoms with Gasteiger partial charge in [0.1, 0.15) is 0 Å². The number of carbonyl (C=O) groups is 1. The minimum Gasteiger partial charge on any atom is -0.550 e. The molecule has 0 bridgehead atoms. The number of carboxylic acids is 1. The van der Waals surface area contributed by atoms with Crippen molar-refractivity contribution in [3.05, 3.63) is 46.5 Å². The number of carbonyl (C=O) groups excluding carboxylic acids is 1. The lowest BCUT2D eigenvalue weighted by molar-refractivity contribution is -0.304. The lowest BCUT2D eigenvalue weighted by Gasteiger charge is -2.04. The van der Waals surface area contributed by atoms with Gasteiger partial charge in [0.25, 0.3) is 0 Å². The van der Waals surface area contributed by atoms with Crippen LogP contribution in [0.1, 0.15) is 23.7 Å². The molecule has 19 heavy (non-hydrogen) atoms. The van der Waals surface area contributed by atoms with Gasteiger partial charge in [0, 0.05) is 24.3 Å². The highest BCUT2D eigenvalue weighted by Gasteiger charge is 2.02. The summed E-state index contributed by atoms with van der Waals surface area (Å²) in [5, 5.41) is 16.1. The van der Waals surface area contributed by atoms with Gasteiger partial charge < -0.3 is 15.2 Å². The molecule has 4 nitrogen and oxygen atoms in total. The number of hydrogen-bond acceptors (Lipinski definition) is 5. The maximum absolute atomic E-state index is 10.5. The van der Waals surface area contributed by atoms with Gasteiger partial charge in [-0.25, -0.2) is 4.98 Å². The van der Waals surface area contributed by atoms with Crippen molar-refractivity contribution in [2.45, 2.75) is 26.3 Å². The summed E-state index contributed by atoms with van der Waals surface area (Å²) >= 11 is 1.41. The van der Waals surface area contributed by atoms with Crippen LogP contribution in [0.25, 0.3) is 0 Å². The predicted molar refractivity (Wildman–Crippen MR) is 74.0 cm³/mol. The fourth-order valence-electron chi connectivity index (χ4n) is 1.69. The Bertz CT molecular complexity index is 549. The summed E-state index contributed by atoms with van der Waals surface area (Å²) in [7, 11) is 0. The average molecular weight is 275 g/mol. The molecule has 0 aliphatic rings. The first-order chi connectivity index (χ1) is 9.17. The van der Waals surface area contributed by atoms with E-state index in [1.807, 2.05) is 0 Å². The molecule has 0 aliphatic carbocycles. The SMILES string of the molecule is CCc1ccc(CNc2nc(CC(=O)[O-])cs2)cc1. The van der Waals surface area contributed by atoms with Crippen LogP contribution in [0.5, 0.6) is 0 Å². The second kappa shape index (κ2) is 6.33. The van der Waals surface area contributed by atoms with Crippen LogP contribution in [0.3, 0.4) is 0 Å². The average Bonchev–Trinajstić information content (AvgIpc) is 2.84. The van der Waals surface area contributed by atoms with E-state index in [2.05, 4.69) is 41.5 Å². The number of nitrogens with one attached hydrogen (secondary N) is 1. The Balaban J connectivity index is 1.90. The van der Waals surface area contributed by atoms with Gasteiger partial charge >= 0.3 is 0 Å². The molecule has 0 fully saturated rings. The molecule has 1 aromatic carbocycles. The Morgan fingerprint density at radius 2 is 2.00 bits per heavy atom. The monoisotopic (exact) mass is 275 g/mol. The molecule has 0 unspecified atom stereocenters. The lowest BCUT2D eigenvalue weighted by Crippen LogP contribution is -2.24. The maximum Gasteiger partial charge on any atom is 0.183 e. The highest BCUT2D eigenvalue weighted by molar-refractivity contribution is 7.13. The summed E-state index contributed by atoms with van der Waals surface area (Å²) in [6.07, 6.45) is 0.899. The lowest BCUT2D eigenvalue weighted by atomic mass is 10.1. The van der Waals surface area contributed by atoms with Gasteiger partial charge in [-0.05, 0) is 17.5 Å². The highest BCUT2D eigenvalue weighted by atomic mass is 32.1. The predicted octanol–water partition coefficient (Wildman–Crippen LogP) is 1.61. The number of anilines is 1. The number of aliphatic carboxylic acids is 1. The Kier molecular flexibility index (Phi) is 4.52. The Hall–Kier alpha value is -1.88. The standard InChI is InChI=1S/C14H16N2O2S/c1-2-10-3-5-11(6-4-10)8-15-14-16-12(9-19-14)7-13(17)18/h3-6,9H,2,7-8H2,1H3,(H,15,16)(H,17,18)/p-1. The van der Waals surface area contributed by atoms with Crippen molar-refractivity contribution in [3.63, 3.8) is 0 Å². The van der Waals surface area contributed by atoms with Crippen LogP contribution >= 0.6 is 11.3 Å². The zero-order valence-electron chi connectivity index (χ0n) is 10.7. The minimum atomic E-state index is -1.10. The van der Waals surface area contributed by atoms with Crippen molar-refractivity contribution in [3.8, 4) is 0 Å². The number of hydrogen-bond donors (Lipinski definition) is 1. The molecule has 1 aromatic heterocycles. The summed E-state index contributed by atoms with van der Waals surface area (Å²) in [5.41, 5.74) is 3.02. The number of carboxylic acid groups (broad SMARTS) is 1. The van der Waals surface area contributed by atoms with Gasteiger partial charge in [-0.3, -0.25) is 0 Å². The molecular formula is C14H15N2O2S-. The van der Waals surface area contributed by atoms with E-state index in [1.54, 1.807) is 5.38 Å².